The fourth-order valence-corrected chi connectivity index (χ4v) is 4.56. The second-order valence-corrected chi connectivity index (χ2v) is 8.54. The molecule has 3 aromatic rings. The number of aromatic nitrogens is 1. The van der Waals surface area contributed by atoms with Crippen LogP contribution in [-0.2, 0) is 23.9 Å². The number of aryl methyl sites for hydroxylation is 1. The van der Waals surface area contributed by atoms with E-state index in [-0.39, 0.29) is 11.8 Å². The molecule has 0 spiro atoms. The van der Waals surface area contributed by atoms with Gasteiger partial charge in [0.25, 0.3) is 5.91 Å². The summed E-state index contributed by atoms with van der Waals surface area (Å²) in [5.74, 6) is 0.435. The molecular formula is C24H23ClN4O. The van der Waals surface area contributed by atoms with Crippen LogP contribution in [0.1, 0.15) is 24.1 Å². The first-order valence-corrected chi connectivity index (χ1v) is 10.5. The number of hydrogen-bond donors (Lipinski definition) is 1. The van der Waals surface area contributed by atoms with E-state index in [2.05, 4.69) is 6.07 Å². The van der Waals surface area contributed by atoms with E-state index in [0.717, 1.165) is 35.2 Å². The van der Waals surface area contributed by atoms with Crippen molar-refractivity contribution in [2.75, 3.05) is 0 Å². The number of amides is 1. The summed E-state index contributed by atoms with van der Waals surface area (Å²) >= 11 is 6.19. The molecule has 1 atom stereocenters. The highest BCUT2D eigenvalue weighted by Crippen LogP contribution is 2.52. The molecule has 1 unspecified atom stereocenters. The standard InChI is InChI=1S/C24H23ClN4O/c1-28-12-4-9-21(28)15-29-22(30)24(18-10-11-18,27-23(29)26)19-7-2-5-16(13-19)17-6-3-8-20(25)14-17/h2-9,12-14,18H,10-11,15H2,1H3,(H2,26,27). The third-order valence-electron chi connectivity index (χ3n) is 6.14. The highest BCUT2D eigenvalue weighted by Gasteiger charge is 2.58. The predicted octanol–water partition coefficient (Wildman–Crippen LogP) is 4.31. The fraction of sp³-hybridized carbons (Fsp3) is 0.250. The Kier molecular flexibility index (Phi) is 4.44. The van der Waals surface area contributed by atoms with Crippen molar-refractivity contribution >= 4 is 23.5 Å². The van der Waals surface area contributed by atoms with E-state index in [1.807, 2.05) is 72.4 Å². The van der Waals surface area contributed by atoms with Crippen molar-refractivity contribution in [1.82, 2.24) is 9.47 Å². The summed E-state index contributed by atoms with van der Waals surface area (Å²) in [6.45, 7) is 0.417. The number of guanidine groups is 1. The second kappa shape index (κ2) is 7.03. The number of aliphatic imine (C=N–C) groups is 1. The van der Waals surface area contributed by atoms with E-state index in [1.54, 1.807) is 4.90 Å². The van der Waals surface area contributed by atoms with Crippen LogP contribution in [-0.4, -0.2) is 21.3 Å². The molecule has 0 radical (unpaired) electrons. The zero-order valence-corrected chi connectivity index (χ0v) is 17.5. The van der Waals surface area contributed by atoms with Crippen molar-refractivity contribution in [3.05, 3.63) is 83.1 Å². The molecule has 2 aromatic carbocycles. The quantitative estimate of drug-likeness (QED) is 0.671. The van der Waals surface area contributed by atoms with Crippen LogP contribution in [0, 0.1) is 5.92 Å². The Balaban J connectivity index is 1.55. The maximum absolute atomic E-state index is 13.8. The van der Waals surface area contributed by atoms with Gasteiger partial charge in [-0.3, -0.25) is 9.69 Å². The predicted molar refractivity (Wildman–Crippen MR) is 119 cm³/mol. The summed E-state index contributed by atoms with van der Waals surface area (Å²) < 4.78 is 2.00. The second-order valence-electron chi connectivity index (χ2n) is 8.10. The van der Waals surface area contributed by atoms with Crippen molar-refractivity contribution in [2.24, 2.45) is 23.7 Å². The Labute approximate surface area is 180 Å². The van der Waals surface area contributed by atoms with E-state index in [4.69, 9.17) is 22.3 Å². The van der Waals surface area contributed by atoms with Crippen LogP contribution >= 0.6 is 11.6 Å². The molecular weight excluding hydrogens is 396 g/mol. The third-order valence-corrected chi connectivity index (χ3v) is 6.37. The Hall–Kier alpha value is -3.05. The molecule has 1 saturated carbocycles. The summed E-state index contributed by atoms with van der Waals surface area (Å²) in [7, 11) is 1.96. The molecule has 2 aliphatic rings. The molecule has 6 heteroatoms. The molecule has 2 heterocycles. The van der Waals surface area contributed by atoms with E-state index in [1.165, 1.54) is 0 Å². The molecule has 1 aliphatic carbocycles. The molecule has 1 fully saturated rings. The largest absolute Gasteiger partial charge is 0.369 e. The number of carbonyl (C=O) groups excluding carboxylic acids is 1. The molecule has 1 aliphatic heterocycles. The minimum atomic E-state index is -0.941. The number of nitrogens with two attached hydrogens (primary N) is 1. The van der Waals surface area contributed by atoms with E-state index in [0.29, 0.717) is 17.5 Å². The van der Waals surface area contributed by atoms with E-state index in [9.17, 15) is 4.79 Å². The first-order chi connectivity index (χ1) is 14.5. The zero-order chi connectivity index (χ0) is 20.9. The van der Waals surface area contributed by atoms with Crippen LogP contribution < -0.4 is 5.73 Å². The van der Waals surface area contributed by atoms with Crippen LogP contribution in [0.4, 0.5) is 0 Å². The van der Waals surface area contributed by atoms with Gasteiger partial charge in [-0.1, -0.05) is 41.9 Å². The lowest BCUT2D eigenvalue weighted by molar-refractivity contribution is -0.132. The van der Waals surface area contributed by atoms with Gasteiger partial charge in [0.05, 0.1) is 6.54 Å². The smallest absolute Gasteiger partial charge is 0.262 e. The maximum atomic E-state index is 13.8. The minimum absolute atomic E-state index is 0.0352. The summed E-state index contributed by atoms with van der Waals surface area (Å²) in [5.41, 5.74) is 9.30. The number of halogens is 1. The van der Waals surface area contributed by atoms with Gasteiger partial charge < -0.3 is 10.3 Å². The monoisotopic (exact) mass is 418 g/mol. The Bertz CT molecular complexity index is 1160. The van der Waals surface area contributed by atoms with Crippen molar-refractivity contribution in [2.45, 2.75) is 24.9 Å². The van der Waals surface area contributed by atoms with Gasteiger partial charge in [-0.2, -0.15) is 0 Å². The Morgan fingerprint density at radius 1 is 1.10 bits per heavy atom. The average Bonchev–Trinajstić information content (AvgIpc) is 3.47. The maximum Gasteiger partial charge on any atom is 0.262 e. The Morgan fingerprint density at radius 2 is 1.83 bits per heavy atom. The van der Waals surface area contributed by atoms with Gasteiger partial charge in [-0.25, -0.2) is 4.99 Å². The normalized spacial score (nSPS) is 21.2. The van der Waals surface area contributed by atoms with Gasteiger partial charge in [-0.15, -0.1) is 0 Å². The number of hydrogen-bond acceptors (Lipinski definition) is 3. The summed E-state index contributed by atoms with van der Waals surface area (Å²) in [4.78, 5) is 20.2. The number of rotatable bonds is 5. The summed E-state index contributed by atoms with van der Waals surface area (Å²) in [6.07, 6.45) is 3.91. The molecule has 0 saturated heterocycles. The van der Waals surface area contributed by atoms with Gasteiger partial charge in [-0.05, 0) is 65.8 Å². The van der Waals surface area contributed by atoms with E-state index >= 15 is 0 Å². The average molecular weight is 419 g/mol. The van der Waals surface area contributed by atoms with Gasteiger partial charge >= 0.3 is 0 Å². The zero-order valence-electron chi connectivity index (χ0n) is 16.8. The van der Waals surface area contributed by atoms with Gasteiger partial charge in [0.1, 0.15) is 0 Å². The summed E-state index contributed by atoms with van der Waals surface area (Å²) in [5, 5.41) is 0.683. The topological polar surface area (TPSA) is 63.6 Å². The molecule has 30 heavy (non-hydrogen) atoms. The lowest BCUT2D eigenvalue weighted by Crippen LogP contribution is -2.43. The molecule has 152 valence electrons. The lowest BCUT2D eigenvalue weighted by atomic mass is 9.83. The van der Waals surface area contributed by atoms with Crippen molar-refractivity contribution in [3.63, 3.8) is 0 Å². The number of nitrogens with zero attached hydrogens (tertiary/aromatic N) is 3. The van der Waals surface area contributed by atoms with Gasteiger partial charge in [0.15, 0.2) is 11.5 Å². The molecule has 1 amide bonds. The van der Waals surface area contributed by atoms with Crippen molar-refractivity contribution in [3.8, 4) is 11.1 Å². The molecule has 2 N–H and O–H groups in total. The first kappa shape index (κ1) is 18.9. The molecule has 1 aromatic heterocycles. The SMILES string of the molecule is Cn1cccc1CN1C(=O)C(c2cccc(-c3cccc(Cl)c3)c2)(C2CC2)N=C1N. The fourth-order valence-electron chi connectivity index (χ4n) is 4.37. The van der Waals surface area contributed by atoms with Crippen LogP contribution in [0.3, 0.4) is 0 Å². The molecule has 0 bridgehead atoms. The van der Waals surface area contributed by atoms with E-state index < -0.39 is 5.54 Å². The molecule has 5 rings (SSSR count). The van der Waals surface area contributed by atoms with Gasteiger partial charge in [0, 0.05) is 24.0 Å². The lowest BCUT2D eigenvalue weighted by Gasteiger charge is -2.27. The van der Waals surface area contributed by atoms with Crippen LogP contribution in [0.2, 0.25) is 5.02 Å². The third kappa shape index (κ3) is 3.01. The van der Waals surface area contributed by atoms with Crippen molar-refractivity contribution < 1.29 is 4.79 Å². The first-order valence-electron chi connectivity index (χ1n) is 10.1. The van der Waals surface area contributed by atoms with Crippen LogP contribution in [0.5, 0.6) is 0 Å². The summed E-state index contributed by atoms with van der Waals surface area (Å²) in [6, 6.07) is 19.8. The molecule has 5 nitrogen and oxygen atoms in total. The minimum Gasteiger partial charge on any atom is -0.369 e. The number of carbonyl (C=O) groups is 1. The van der Waals surface area contributed by atoms with Crippen LogP contribution in [0.15, 0.2) is 71.9 Å². The van der Waals surface area contributed by atoms with Gasteiger partial charge in [0.2, 0.25) is 0 Å². The van der Waals surface area contributed by atoms with Crippen LogP contribution in [0.25, 0.3) is 11.1 Å². The highest BCUT2D eigenvalue weighted by molar-refractivity contribution is 6.30. The number of benzene rings is 2. The highest BCUT2D eigenvalue weighted by atomic mass is 35.5. The van der Waals surface area contributed by atoms with Crippen molar-refractivity contribution in [1.29, 1.82) is 0 Å². The Morgan fingerprint density at radius 3 is 2.50 bits per heavy atom.